The van der Waals surface area contributed by atoms with Crippen LogP contribution in [0.15, 0.2) is 24.3 Å². The zero-order valence-corrected chi connectivity index (χ0v) is 10.4. The van der Waals surface area contributed by atoms with Gasteiger partial charge in [0.2, 0.25) is 0 Å². The van der Waals surface area contributed by atoms with Gasteiger partial charge in [-0.2, -0.15) is 0 Å². The van der Waals surface area contributed by atoms with Crippen LogP contribution in [0.4, 0.5) is 5.69 Å². The van der Waals surface area contributed by atoms with Crippen molar-refractivity contribution in [3.8, 4) is 5.75 Å². The third-order valence-electron chi connectivity index (χ3n) is 3.56. The molecule has 1 N–H and O–H groups in total. The van der Waals surface area contributed by atoms with Crippen molar-refractivity contribution in [2.45, 2.75) is 32.7 Å². The van der Waals surface area contributed by atoms with E-state index in [1.54, 1.807) is 7.11 Å². The van der Waals surface area contributed by atoms with Crippen LogP contribution in [0.25, 0.3) is 0 Å². The Labute approximate surface area is 98.0 Å². The Kier molecular flexibility index (Phi) is 3.37. The lowest BCUT2D eigenvalue weighted by Gasteiger charge is -2.39. The van der Waals surface area contributed by atoms with Gasteiger partial charge in [0.25, 0.3) is 0 Å². The molecule has 0 atom stereocenters. The van der Waals surface area contributed by atoms with Gasteiger partial charge >= 0.3 is 0 Å². The summed E-state index contributed by atoms with van der Waals surface area (Å²) in [6, 6.07) is 8.82. The van der Waals surface area contributed by atoms with Crippen molar-refractivity contribution >= 4 is 5.69 Å². The molecule has 2 rings (SSSR count). The van der Waals surface area contributed by atoms with E-state index in [4.69, 9.17) is 4.74 Å². The molecule has 1 fully saturated rings. The van der Waals surface area contributed by atoms with E-state index in [2.05, 4.69) is 31.3 Å². The van der Waals surface area contributed by atoms with Crippen molar-refractivity contribution in [2.24, 2.45) is 11.8 Å². The fourth-order valence-electron chi connectivity index (χ4n) is 2.27. The van der Waals surface area contributed by atoms with Crippen LogP contribution in [0.5, 0.6) is 5.75 Å². The molecular formula is C14H21NO. The highest BCUT2D eigenvalue weighted by molar-refractivity contribution is 5.49. The lowest BCUT2D eigenvalue weighted by molar-refractivity contribution is 0.212. The summed E-state index contributed by atoms with van der Waals surface area (Å²) in [7, 11) is 1.71. The van der Waals surface area contributed by atoms with E-state index in [-0.39, 0.29) is 0 Å². The summed E-state index contributed by atoms with van der Waals surface area (Å²) in [5.41, 5.74) is 1.17. The molecule has 0 aromatic heterocycles. The van der Waals surface area contributed by atoms with Crippen molar-refractivity contribution in [1.82, 2.24) is 0 Å². The second-order valence-electron chi connectivity index (χ2n) is 5.05. The quantitative estimate of drug-likeness (QED) is 0.836. The van der Waals surface area contributed by atoms with Crippen molar-refractivity contribution in [1.29, 1.82) is 0 Å². The van der Waals surface area contributed by atoms with Crippen LogP contribution >= 0.6 is 0 Å². The minimum atomic E-state index is 0.652. The van der Waals surface area contributed by atoms with Crippen molar-refractivity contribution in [3.05, 3.63) is 24.3 Å². The zero-order chi connectivity index (χ0) is 11.5. The summed E-state index contributed by atoms with van der Waals surface area (Å²) >= 11 is 0. The van der Waals surface area contributed by atoms with Gasteiger partial charge in [0.05, 0.1) is 7.11 Å². The fourth-order valence-corrected chi connectivity index (χ4v) is 2.27. The van der Waals surface area contributed by atoms with E-state index in [0.717, 1.165) is 17.6 Å². The normalized spacial score (nSPS) is 24.0. The van der Waals surface area contributed by atoms with Gasteiger partial charge in [0.15, 0.2) is 0 Å². The number of nitrogens with one attached hydrogen (secondary N) is 1. The van der Waals surface area contributed by atoms with Gasteiger partial charge in [-0.3, -0.25) is 0 Å². The maximum atomic E-state index is 5.21. The van der Waals surface area contributed by atoms with Gasteiger partial charge in [0.1, 0.15) is 5.75 Å². The van der Waals surface area contributed by atoms with Crippen LogP contribution in [0.2, 0.25) is 0 Å². The van der Waals surface area contributed by atoms with E-state index < -0.39 is 0 Å². The van der Waals surface area contributed by atoms with E-state index in [0.29, 0.717) is 6.04 Å². The van der Waals surface area contributed by atoms with Crippen molar-refractivity contribution < 1.29 is 4.74 Å². The molecule has 88 valence electrons. The van der Waals surface area contributed by atoms with Gasteiger partial charge in [0, 0.05) is 17.8 Å². The Bertz CT molecular complexity index is 342. The Balaban J connectivity index is 1.86. The molecule has 1 aliphatic carbocycles. The maximum absolute atomic E-state index is 5.21. The number of methoxy groups -OCH3 is 1. The average Bonchev–Trinajstić information content (AvgIpc) is 2.22. The van der Waals surface area contributed by atoms with Gasteiger partial charge < -0.3 is 10.1 Å². The molecule has 0 bridgehead atoms. The minimum Gasteiger partial charge on any atom is -0.497 e. The van der Waals surface area contributed by atoms with Crippen molar-refractivity contribution in [2.75, 3.05) is 12.4 Å². The first kappa shape index (κ1) is 11.3. The Morgan fingerprint density at radius 3 is 2.69 bits per heavy atom. The molecule has 16 heavy (non-hydrogen) atoms. The number of rotatable bonds is 4. The first-order valence-electron chi connectivity index (χ1n) is 6.09. The highest BCUT2D eigenvalue weighted by atomic mass is 16.5. The molecule has 0 spiro atoms. The molecule has 1 aromatic rings. The van der Waals surface area contributed by atoms with E-state index in [1.165, 1.54) is 18.5 Å². The number of anilines is 1. The first-order chi connectivity index (χ1) is 7.69. The van der Waals surface area contributed by atoms with Crippen LogP contribution in [0.3, 0.4) is 0 Å². The smallest absolute Gasteiger partial charge is 0.120 e. The molecule has 0 heterocycles. The van der Waals surface area contributed by atoms with Crippen LogP contribution in [0, 0.1) is 11.8 Å². The van der Waals surface area contributed by atoms with Gasteiger partial charge in [-0.25, -0.2) is 0 Å². The molecule has 2 heteroatoms. The lowest BCUT2D eigenvalue weighted by Crippen LogP contribution is -2.37. The Hall–Kier alpha value is -1.18. The summed E-state index contributed by atoms with van der Waals surface area (Å²) in [4.78, 5) is 0. The third-order valence-corrected chi connectivity index (χ3v) is 3.56. The van der Waals surface area contributed by atoms with Crippen LogP contribution in [-0.4, -0.2) is 13.2 Å². The van der Waals surface area contributed by atoms with Gasteiger partial charge in [-0.15, -0.1) is 0 Å². The highest BCUT2D eigenvalue weighted by Gasteiger charge is 2.30. The zero-order valence-electron chi connectivity index (χ0n) is 10.4. The van der Waals surface area contributed by atoms with Gasteiger partial charge in [-0.1, -0.05) is 19.9 Å². The lowest BCUT2D eigenvalue weighted by atomic mass is 9.73. The standard InChI is InChI=1S/C14H21NO/c1-10(2)11-7-13(8-11)15-12-5-4-6-14(9-12)16-3/h4-6,9-11,13,15H,7-8H2,1-3H3. The second kappa shape index (κ2) is 4.77. The summed E-state index contributed by atoms with van der Waals surface area (Å²) in [6.07, 6.45) is 2.60. The second-order valence-corrected chi connectivity index (χ2v) is 5.05. The maximum Gasteiger partial charge on any atom is 0.120 e. The van der Waals surface area contributed by atoms with Crippen LogP contribution in [-0.2, 0) is 0 Å². The predicted molar refractivity (Wildman–Crippen MR) is 68.0 cm³/mol. The highest BCUT2D eigenvalue weighted by Crippen LogP contribution is 2.35. The summed E-state index contributed by atoms with van der Waals surface area (Å²) < 4.78 is 5.21. The van der Waals surface area contributed by atoms with E-state index in [1.807, 2.05) is 12.1 Å². The molecule has 0 unspecified atom stereocenters. The minimum absolute atomic E-state index is 0.652. The fraction of sp³-hybridized carbons (Fsp3) is 0.571. The third kappa shape index (κ3) is 2.49. The first-order valence-corrected chi connectivity index (χ1v) is 6.09. The molecule has 0 amide bonds. The number of hydrogen-bond donors (Lipinski definition) is 1. The Morgan fingerprint density at radius 1 is 1.31 bits per heavy atom. The molecular weight excluding hydrogens is 198 g/mol. The largest absolute Gasteiger partial charge is 0.497 e. The summed E-state index contributed by atoms with van der Waals surface area (Å²) in [6.45, 7) is 4.62. The van der Waals surface area contributed by atoms with Crippen LogP contribution in [0.1, 0.15) is 26.7 Å². The number of ether oxygens (including phenoxy) is 1. The molecule has 1 aliphatic rings. The Morgan fingerprint density at radius 2 is 2.06 bits per heavy atom. The number of benzene rings is 1. The topological polar surface area (TPSA) is 21.3 Å². The predicted octanol–water partition coefficient (Wildman–Crippen LogP) is 3.54. The molecule has 0 aliphatic heterocycles. The SMILES string of the molecule is COc1cccc(NC2CC(C(C)C)C2)c1. The molecule has 2 nitrogen and oxygen atoms in total. The molecule has 1 saturated carbocycles. The van der Waals surface area contributed by atoms with E-state index >= 15 is 0 Å². The number of hydrogen-bond acceptors (Lipinski definition) is 2. The van der Waals surface area contributed by atoms with Crippen LogP contribution < -0.4 is 10.1 Å². The monoisotopic (exact) mass is 219 g/mol. The molecule has 0 saturated heterocycles. The molecule has 0 radical (unpaired) electrons. The van der Waals surface area contributed by atoms with Gasteiger partial charge in [-0.05, 0) is 36.8 Å². The summed E-state index contributed by atoms with van der Waals surface area (Å²) in [5.74, 6) is 2.65. The average molecular weight is 219 g/mol. The van der Waals surface area contributed by atoms with E-state index in [9.17, 15) is 0 Å². The van der Waals surface area contributed by atoms with Crippen molar-refractivity contribution in [3.63, 3.8) is 0 Å². The summed E-state index contributed by atoms with van der Waals surface area (Å²) in [5, 5.41) is 3.56. The molecule has 1 aromatic carbocycles.